The summed E-state index contributed by atoms with van der Waals surface area (Å²) in [5.41, 5.74) is -1.71. The summed E-state index contributed by atoms with van der Waals surface area (Å²) in [4.78, 5) is 39.5. The van der Waals surface area contributed by atoms with Crippen LogP contribution in [0.25, 0.3) is 0 Å². The van der Waals surface area contributed by atoms with E-state index in [9.17, 15) is 28.3 Å². The van der Waals surface area contributed by atoms with Crippen LogP contribution in [0.5, 0.6) is 5.75 Å². The fourth-order valence-electron chi connectivity index (χ4n) is 3.74. The van der Waals surface area contributed by atoms with Crippen LogP contribution in [0.15, 0.2) is 29.2 Å². The van der Waals surface area contributed by atoms with Crippen molar-refractivity contribution < 1.29 is 53.0 Å². The zero-order chi connectivity index (χ0) is 21.6. The van der Waals surface area contributed by atoms with E-state index in [1.807, 2.05) is 6.92 Å². The van der Waals surface area contributed by atoms with E-state index in [2.05, 4.69) is 5.32 Å². The summed E-state index contributed by atoms with van der Waals surface area (Å²) in [5.74, 6) is -3.12. The first-order chi connectivity index (χ1) is 14.3. The van der Waals surface area contributed by atoms with Gasteiger partial charge in [0.25, 0.3) is 11.8 Å². The Morgan fingerprint density at radius 2 is 2.06 bits per heavy atom. The molecule has 2 aromatic rings. The molecule has 1 N–H and O–H groups in total. The molecular formula is C20H18F2N3NaO4S. The number of benzene rings is 1. The zero-order valence-corrected chi connectivity index (χ0v) is 19.8. The van der Waals surface area contributed by atoms with Crippen molar-refractivity contribution in [3.63, 3.8) is 0 Å². The minimum absolute atomic E-state index is 0. The Labute approximate surface area is 203 Å². The van der Waals surface area contributed by atoms with Crippen LogP contribution in [0, 0.1) is 11.6 Å². The van der Waals surface area contributed by atoms with Gasteiger partial charge in [0.15, 0.2) is 5.43 Å². The Hall–Kier alpha value is -1.88. The number of aromatic nitrogens is 1. The molecule has 2 amide bonds. The van der Waals surface area contributed by atoms with Gasteiger partial charge in [-0.05, 0) is 30.9 Å². The zero-order valence-electron chi connectivity index (χ0n) is 17.0. The van der Waals surface area contributed by atoms with Crippen LogP contribution in [0.2, 0.25) is 0 Å². The van der Waals surface area contributed by atoms with Gasteiger partial charge < -0.3 is 19.9 Å². The average molecular weight is 457 g/mol. The minimum atomic E-state index is -1.08. The Kier molecular flexibility index (Phi) is 7.14. The second-order valence-electron chi connectivity index (χ2n) is 7.30. The van der Waals surface area contributed by atoms with Crippen molar-refractivity contribution in [2.75, 3.05) is 5.75 Å². The molecule has 3 heterocycles. The number of halogens is 2. The second kappa shape index (κ2) is 9.32. The molecule has 7 nitrogen and oxygen atoms in total. The molecule has 31 heavy (non-hydrogen) atoms. The maximum absolute atomic E-state index is 13.8. The molecule has 0 bridgehead atoms. The first-order valence-corrected chi connectivity index (χ1v) is 10.4. The molecule has 1 saturated heterocycles. The Bertz CT molecular complexity index is 1110. The van der Waals surface area contributed by atoms with Crippen LogP contribution in [0.4, 0.5) is 8.78 Å². The van der Waals surface area contributed by atoms with E-state index in [1.165, 1.54) is 16.8 Å². The van der Waals surface area contributed by atoms with E-state index in [4.69, 9.17) is 0 Å². The molecule has 1 fully saturated rings. The second-order valence-corrected chi connectivity index (χ2v) is 8.58. The van der Waals surface area contributed by atoms with Gasteiger partial charge in [0.2, 0.25) is 0 Å². The molecule has 0 radical (unpaired) electrons. The fraction of sp³-hybridized carbons (Fsp3) is 0.350. The number of hydrogen-bond acceptors (Lipinski definition) is 5. The van der Waals surface area contributed by atoms with Crippen molar-refractivity contribution in [1.82, 2.24) is 14.8 Å². The Morgan fingerprint density at radius 3 is 2.77 bits per heavy atom. The van der Waals surface area contributed by atoms with Crippen molar-refractivity contribution in [3.05, 3.63) is 63.1 Å². The molecule has 1 aromatic heterocycles. The molecule has 1 unspecified atom stereocenters. The molecule has 2 atom stereocenters. The van der Waals surface area contributed by atoms with Gasteiger partial charge in [0.05, 0.1) is 11.9 Å². The van der Waals surface area contributed by atoms with E-state index in [1.54, 1.807) is 16.7 Å². The summed E-state index contributed by atoms with van der Waals surface area (Å²) in [7, 11) is 0. The molecule has 158 valence electrons. The smallest absolute Gasteiger partial charge is 0.868 e. The summed E-state index contributed by atoms with van der Waals surface area (Å²) in [6.45, 7) is 1.90. The number of carbonyl (C=O) groups is 2. The number of nitrogens with one attached hydrogen (secondary N) is 1. The van der Waals surface area contributed by atoms with Gasteiger partial charge in [0.1, 0.15) is 22.9 Å². The maximum Gasteiger partial charge on any atom is 1.00 e. The predicted molar refractivity (Wildman–Crippen MR) is 104 cm³/mol. The molecule has 11 heteroatoms. The van der Waals surface area contributed by atoms with Gasteiger partial charge in [-0.25, -0.2) is 8.78 Å². The van der Waals surface area contributed by atoms with Crippen LogP contribution >= 0.6 is 11.8 Å². The first kappa shape index (κ1) is 23.8. The number of nitrogens with zero attached hydrogens (tertiary/aromatic N) is 2. The van der Waals surface area contributed by atoms with Gasteiger partial charge in [-0.15, -0.1) is 11.8 Å². The Morgan fingerprint density at radius 1 is 1.32 bits per heavy atom. The van der Waals surface area contributed by atoms with E-state index in [0.29, 0.717) is 12.6 Å². The number of amides is 2. The number of carbonyl (C=O) groups excluding carboxylic acids is 2. The minimum Gasteiger partial charge on any atom is -0.868 e. The van der Waals surface area contributed by atoms with Gasteiger partial charge in [-0.1, -0.05) is 6.07 Å². The van der Waals surface area contributed by atoms with Crippen LogP contribution in [0.3, 0.4) is 0 Å². The molecule has 1 aromatic carbocycles. The normalized spacial score (nSPS) is 19.8. The van der Waals surface area contributed by atoms with Crippen LogP contribution in [0.1, 0.15) is 39.8 Å². The van der Waals surface area contributed by atoms with Crippen LogP contribution in [-0.2, 0) is 13.1 Å². The molecule has 4 rings (SSSR count). The van der Waals surface area contributed by atoms with E-state index in [-0.39, 0.29) is 58.8 Å². The van der Waals surface area contributed by atoms with Gasteiger partial charge in [0, 0.05) is 30.4 Å². The monoisotopic (exact) mass is 457 g/mol. The summed E-state index contributed by atoms with van der Waals surface area (Å²) >= 11 is 1.58. The molecule has 0 saturated carbocycles. The third kappa shape index (κ3) is 4.39. The third-order valence-electron chi connectivity index (χ3n) is 5.36. The van der Waals surface area contributed by atoms with Gasteiger partial charge in [-0.3, -0.25) is 14.4 Å². The Balaban J connectivity index is 0.00000272. The van der Waals surface area contributed by atoms with Gasteiger partial charge >= 0.3 is 29.6 Å². The molecule has 0 aliphatic carbocycles. The van der Waals surface area contributed by atoms with Crippen molar-refractivity contribution in [3.8, 4) is 5.75 Å². The number of hydrogen-bond donors (Lipinski definition) is 1. The average Bonchev–Trinajstić information content (AvgIpc) is 2.69. The maximum atomic E-state index is 13.8. The van der Waals surface area contributed by atoms with Crippen molar-refractivity contribution in [2.45, 2.75) is 37.8 Å². The van der Waals surface area contributed by atoms with Crippen LogP contribution < -0.4 is 45.4 Å². The number of thioether (sulfide) groups is 1. The number of pyridine rings is 1. The number of fused-ring (bicyclic) bond motifs is 2. The summed E-state index contributed by atoms with van der Waals surface area (Å²) in [5, 5.41) is 14.8. The largest absolute Gasteiger partial charge is 1.00 e. The molecule has 0 spiro atoms. The first-order valence-electron chi connectivity index (χ1n) is 9.38. The van der Waals surface area contributed by atoms with Gasteiger partial charge in [-0.2, -0.15) is 0 Å². The van der Waals surface area contributed by atoms with Crippen molar-refractivity contribution in [1.29, 1.82) is 0 Å². The standard InChI is InChI=1S/C20H19F2N3O4S.Na/c1-10-4-5-30-15-9-24-8-13(17(26)18(27)16(24)20(29)25(10)15)19(28)23-7-11-2-3-12(21)6-14(11)22;/h2-3,6,8,10,15,27H,4-5,7,9H2,1H3,(H,23,28);/q;+1/p-1/t10-,15?;/m1./s1. The molecular weight excluding hydrogens is 439 g/mol. The van der Waals surface area contributed by atoms with E-state index in [0.717, 1.165) is 18.2 Å². The molecule has 2 aliphatic rings. The fourth-order valence-corrected chi connectivity index (χ4v) is 5.22. The quantitative estimate of drug-likeness (QED) is 0.563. The summed E-state index contributed by atoms with van der Waals surface area (Å²) < 4.78 is 28.1. The number of rotatable bonds is 3. The summed E-state index contributed by atoms with van der Waals surface area (Å²) in [6.07, 6.45) is 2.01. The van der Waals surface area contributed by atoms with Crippen LogP contribution in [-0.4, -0.2) is 38.4 Å². The topological polar surface area (TPSA) is 94.5 Å². The van der Waals surface area contributed by atoms with E-state index >= 15 is 0 Å². The summed E-state index contributed by atoms with van der Waals surface area (Å²) in [6, 6.07) is 2.87. The predicted octanol–water partition coefficient (Wildman–Crippen LogP) is -1.56. The van der Waals surface area contributed by atoms with Crippen molar-refractivity contribution >= 4 is 23.6 Å². The van der Waals surface area contributed by atoms with Crippen molar-refractivity contribution in [2.24, 2.45) is 0 Å². The molecule has 2 aliphatic heterocycles. The third-order valence-corrected chi connectivity index (χ3v) is 6.59. The SMILES string of the molecule is C[C@@H]1CCSC2Cn3cc(C(=O)NCc4ccc(F)cc4F)c(=O)c([O-])c3C(=O)N21.[Na+]. The van der Waals surface area contributed by atoms with E-state index < -0.39 is 40.2 Å².